The highest BCUT2D eigenvalue weighted by Crippen LogP contribution is 2.18. The van der Waals surface area contributed by atoms with Gasteiger partial charge in [0.05, 0.1) is 25.8 Å². The van der Waals surface area contributed by atoms with Crippen molar-refractivity contribution in [1.82, 2.24) is 15.5 Å². The van der Waals surface area contributed by atoms with Crippen LogP contribution in [0.15, 0.2) is 29.1 Å². The van der Waals surface area contributed by atoms with Crippen molar-refractivity contribution in [1.29, 1.82) is 0 Å². The average molecular weight is 286 g/mol. The van der Waals surface area contributed by atoms with Crippen molar-refractivity contribution in [2.24, 2.45) is 5.73 Å². The van der Waals surface area contributed by atoms with Crippen LogP contribution in [0.5, 0.6) is 5.75 Å². The summed E-state index contributed by atoms with van der Waals surface area (Å²) in [5.74, 6) is 6.33. The Morgan fingerprint density at radius 2 is 2.38 bits per heavy atom. The monoisotopic (exact) mass is 286 g/mol. The molecule has 2 aromatic rings. The lowest BCUT2D eigenvalue weighted by Gasteiger charge is -2.07. The van der Waals surface area contributed by atoms with Crippen LogP contribution in [-0.2, 0) is 6.54 Å². The van der Waals surface area contributed by atoms with Gasteiger partial charge in [0.25, 0.3) is 5.91 Å². The van der Waals surface area contributed by atoms with Gasteiger partial charge in [0.15, 0.2) is 5.82 Å². The SMILES string of the molecule is COc1ccc(C(=O)NCc2ncon2)cc1C#CCN. The summed E-state index contributed by atoms with van der Waals surface area (Å²) in [7, 11) is 1.54. The lowest BCUT2D eigenvalue weighted by Crippen LogP contribution is -2.23. The number of ether oxygens (including phenoxy) is 1. The fourth-order valence-corrected chi connectivity index (χ4v) is 1.62. The molecular weight excluding hydrogens is 272 g/mol. The smallest absolute Gasteiger partial charge is 0.251 e. The third kappa shape index (κ3) is 3.81. The number of nitrogens with one attached hydrogen (secondary N) is 1. The number of rotatable bonds is 4. The first-order chi connectivity index (χ1) is 10.2. The molecule has 0 saturated carbocycles. The molecule has 7 nitrogen and oxygen atoms in total. The largest absolute Gasteiger partial charge is 0.495 e. The first-order valence-electron chi connectivity index (χ1n) is 6.15. The normalized spacial score (nSPS) is 9.62. The lowest BCUT2D eigenvalue weighted by atomic mass is 10.1. The Bertz CT molecular complexity index is 671. The van der Waals surface area contributed by atoms with Crippen LogP contribution in [0.1, 0.15) is 21.7 Å². The first kappa shape index (κ1) is 14.6. The molecule has 108 valence electrons. The molecule has 2 rings (SSSR count). The van der Waals surface area contributed by atoms with E-state index in [1.165, 1.54) is 6.39 Å². The van der Waals surface area contributed by atoms with Gasteiger partial charge in [-0.05, 0) is 18.2 Å². The second-order valence-corrected chi connectivity index (χ2v) is 3.95. The molecule has 0 fully saturated rings. The predicted octanol–water partition coefficient (Wildman–Crippen LogP) is 0.318. The van der Waals surface area contributed by atoms with Crippen molar-refractivity contribution in [2.75, 3.05) is 13.7 Å². The van der Waals surface area contributed by atoms with Crippen LogP contribution >= 0.6 is 0 Å². The van der Waals surface area contributed by atoms with Crippen LogP contribution in [0.4, 0.5) is 0 Å². The van der Waals surface area contributed by atoms with E-state index in [4.69, 9.17) is 10.5 Å². The number of aromatic nitrogens is 2. The molecule has 1 aromatic carbocycles. The molecule has 0 aliphatic carbocycles. The molecule has 1 aromatic heterocycles. The molecule has 0 saturated heterocycles. The van der Waals surface area contributed by atoms with Crippen molar-refractivity contribution in [3.8, 4) is 17.6 Å². The maximum absolute atomic E-state index is 12.1. The Hall–Kier alpha value is -2.85. The maximum Gasteiger partial charge on any atom is 0.251 e. The molecular formula is C14H14N4O3. The van der Waals surface area contributed by atoms with Gasteiger partial charge in [0, 0.05) is 5.56 Å². The summed E-state index contributed by atoms with van der Waals surface area (Å²) in [6, 6.07) is 4.98. The number of hydrogen-bond acceptors (Lipinski definition) is 6. The predicted molar refractivity (Wildman–Crippen MR) is 74.4 cm³/mol. The van der Waals surface area contributed by atoms with E-state index in [1.807, 2.05) is 0 Å². The summed E-state index contributed by atoms with van der Waals surface area (Å²) >= 11 is 0. The van der Waals surface area contributed by atoms with Gasteiger partial charge in [0.1, 0.15) is 5.75 Å². The van der Waals surface area contributed by atoms with Gasteiger partial charge in [0.2, 0.25) is 6.39 Å². The molecule has 21 heavy (non-hydrogen) atoms. The molecule has 1 amide bonds. The highest BCUT2D eigenvalue weighted by Gasteiger charge is 2.10. The van der Waals surface area contributed by atoms with E-state index in [2.05, 4.69) is 31.8 Å². The zero-order valence-electron chi connectivity index (χ0n) is 11.4. The van der Waals surface area contributed by atoms with Gasteiger partial charge in [-0.1, -0.05) is 17.0 Å². The molecule has 1 heterocycles. The van der Waals surface area contributed by atoms with Crippen molar-refractivity contribution in [3.05, 3.63) is 41.5 Å². The van der Waals surface area contributed by atoms with E-state index in [0.29, 0.717) is 22.7 Å². The fourth-order valence-electron chi connectivity index (χ4n) is 1.62. The number of benzene rings is 1. The number of carbonyl (C=O) groups is 1. The van der Waals surface area contributed by atoms with Crippen LogP contribution < -0.4 is 15.8 Å². The molecule has 3 N–H and O–H groups in total. The van der Waals surface area contributed by atoms with Crippen molar-refractivity contribution in [3.63, 3.8) is 0 Å². The standard InChI is InChI=1S/C14H14N4O3/c1-20-12-5-4-11(7-10(12)3-2-6-15)14(19)16-8-13-17-9-21-18-13/h4-5,7,9H,6,8,15H2,1H3,(H,16,19). The summed E-state index contributed by atoms with van der Waals surface area (Å²) in [6.07, 6.45) is 1.20. The van der Waals surface area contributed by atoms with E-state index >= 15 is 0 Å². The highest BCUT2D eigenvalue weighted by molar-refractivity contribution is 5.94. The Kier molecular flexibility index (Phi) is 4.90. The zero-order valence-corrected chi connectivity index (χ0v) is 11.4. The number of carbonyl (C=O) groups excluding carboxylic acids is 1. The topological polar surface area (TPSA) is 103 Å². The molecule has 0 aliphatic heterocycles. The minimum atomic E-state index is -0.266. The van der Waals surface area contributed by atoms with E-state index < -0.39 is 0 Å². The Morgan fingerprint density at radius 1 is 1.52 bits per heavy atom. The maximum atomic E-state index is 12.1. The number of nitrogens with two attached hydrogens (primary N) is 1. The summed E-state index contributed by atoms with van der Waals surface area (Å²) in [4.78, 5) is 15.9. The molecule has 0 bridgehead atoms. The first-order valence-corrected chi connectivity index (χ1v) is 6.15. The van der Waals surface area contributed by atoms with Gasteiger partial charge >= 0.3 is 0 Å². The Balaban J connectivity index is 2.13. The van der Waals surface area contributed by atoms with Gasteiger partial charge in [-0.2, -0.15) is 4.98 Å². The molecule has 7 heteroatoms. The van der Waals surface area contributed by atoms with E-state index in [1.54, 1.807) is 25.3 Å². The number of amides is 1. The Labute approximate surface area is 121 Å². The average Bonchev–Trinajstić information content (AvgIpc) is 3.03. The summed E-state index contributed by atoms with van der Waals surface area (Å²) in [6.45, 7) is 0.419. The molecule has 0 radical (unpaired) electrons. The van der Waals surface area contributed by atoms with Crippen molar-refractivity contribution >= 4 is 5.91 Å². The van der Waals surface area contributed by atoms with E-state index in [0.717, 1.165) is 0 Å². The van der Waals surface area contributed by atoms with E-state index in [-0.39, 0.29) is 19.0 Å². The minimum Gasteiger partial charge on any atom is -0.495 e. The third-order valence-electron chi connectivity index (χ3n) is 2.60. The van der Waals surface area contributed by atoms with Crippen molar-refractivity contribution in [2.45, 2.75) is 6.54 Å². The zero-order chi connectivity index (χ0) is 15.1. The second-order valence-electron chi connectivity index (χ2n) is 3.95. The van der Waals surface area contributed by atoms with Gasteiger partial charge in [-0.15, -0.1) is 0 Å². The molecule has 0 aliphatic rings. The Morgan fingerprint density at radius 3 is 3.05 bits per heavy atom. The van der Waals surface area contributed by atoms with Crippen LogP contribution in [-0.4, -0.2) is 29.7 Å². The fraction of sp³-hybridized carbons (Fsp3) is 0.214. The third-order valence-corrected chi connectivity index (χ3v) is 2.60. The van der Waals surface area contributed by atoms with E-state index in [9.17, 15) is 4.79 Å². The van der Waals surface area contributed by atoms with Crippen LogP contribution in [0.2, 0.25) is 0 Å². The van der Waals surface area contributed by atoms with Gasteiger partial charge in [-0.3, -0.25) is 4.79 Å². The van der Waals surface area contributed by atoms with Crippen LogP contribution in [0.3, 0.4) is 0 Å². The molecule has 0 atom stereocenters. The number of nitrogens with zero attached hydrogens (tertiary/aromatic N) is 2. The summed E-state index contributed by atoms with van der Waals surface area (Å²) in [5.41, 5.74) is 6.42. The number of hydrogen-bond donors (Lipinski definition) is 2. The van der Waals surface area contributed by atoms with Gasteiger partial charge in [-0.25, -0.2) is 0 Å². The second kappa shape index (κ2) is 7.07. The lowest BCUT2D eigenvalue weighted by molar-refractivity contribution is 0.0949. The summed E-state index contributed by atoms with van der Waals surface area (Å²) < 4.78 is 9.78. The minimum absolute atomic E-state index is 0.186. The van der Waals surface area contributed by atoms with Gasteiger partial charge < -0.3 is 20.3 Å². The molecule has 0 spiro atoms. The van der Waals surface area contributed by atoms with Crippen LogP contribution in [0, 0.1) is 11.8 Å². The quantitative estimate of drug-likeness (QED) is 0.784. The molecule has 0 unspecified atom stereocenters. The van der Waals surface area contributed by atoms with Crippen LogP contribution in [0.25, 0.3) is 0 Å². The van der Waals surface area contributed by atoms with Crippen molar-refractivity contribution < 1.29 is 14.1 Å². The number of methoxy groups -OCH3 is 1. The highest BCUT2D eigenvalue weighted by atomic mass is 16.5. The summed E-state index contributed by atoms with van der Waals surface area (Å²) in [5, 5.41) is 6.29.